The van der Waals surface area contributed by atoms with Crippen LogP contribution in [0.3, 0.4) is 0 Å². The van der Waals surface area contributed by atoms with Crippen molar-refractivity contribution in [1.82, 2.24) is 4.90 Å². The normalized spacial score (nSPS) is 23.9. The van der Waals surface area contributed by atoms with Crippen LogP contribution in [0.25, 0.3) is 4.85 Å². The van der Waals surface area contributed by atoms with E-state index in [-0.39, 0.29) is 39.4 Å². The molecule has 1 atom stereocenters. The molecule has 2 aromatic rings. The Bertz CT molecular complexity index is 1200. The summed E-state index contributed by atoms with van der Waals surface area (Å²) in [5, 5.41) is 11.8. The first kappa shape index (κ1) is 25.8. The van der Waals surface area contributed by atoms with Crippen molar-refractivity contribution in [2.24, 2.45) is 5.92 Å². The van der Waals surface area contributed by atoms with Gasteiger partial charge in [0, 0.05) is 39.4 Å². The van der Waals surface area contributed by atoms with Gasteiger partial charge >= 0.3 is 6.18 Å². The summed E-state index contributed by atoms with van der Waals surface area (Å²) in [4.78, 5) is 20.4. The molecular formula is C25H24Cl2F3N3O2. The standard InChI is InChI=1S/C25H24Cl2F3N3O2/c1-4-32(5-2)17-8-14(9-17)13-33-21-12-16(31-3)11-19(25(28,29)30)22(21)24(35,23(33)34)18-7-6-15(26)10-20(18)27/h6-7,10-12,14,17,35H,4-5,8-9,13H2,1-2H3. The number of anilines is 1. The van der Waals surface area contributed by atoms with Crippen molar-refractivity contribution in [3.8, 4) is 0 Å². The third kappa shape index (κ3) is 4.29. The van der Waals surface area contributed by atoms with E-state index in [1.165, 1.54) is 29.2 Å². The number of amides is 1. The second kappa shape index (κ2) is 9.29. The predicted octanol–water partition coefficient (Wildman–Crippen LogP) is 6.27. The number of benzene rings is 2. The fourth-order valence-electron chi connectivity index (χ4n) is 5.26. The van der Waals surface area contributed by atoms with Crippen LogP contribution in [0.2, 0.25) is 10.0 Å². The van der Waals surface area contributed by atoms with Gasteiger partial charge in [-0.1, -0.05) is 43.1 Å². The third-order valence-electron chi connectivity index (χ3n) is 7.05. The van der Waals surface area contributed by atoms with Crippen molar-refractivity contribution in [2.45, 2.75) is 44.5 Å². The van der Waals surface area contributed by atoms with Crippen LogP contribution in [0.15, 0.2) is 30.3 Å². The van der Waals surface area contributed by atoms with E-state index in [1.807, 2.05) is 0 Å². The molecule has 0 bridgehead atoms. The lowest BCUT2D eigenvalue weighted by Gasteiger charge is -2.43. The van der Waals surface area contributed by atoms with Crippen LogP contribution in [0.4, 0.5) is 24.5 Å². The molecule has 2 aromatic carbocycles. The molecule has 186 valence electrons. The molecule has 4 rings (SSSR count). The molecule has 0 radical (unpaired) electrons. The van der Waals surface area contributed by atoms with Crippen LogP contribution in [-0.2, 0) is 16.6 Å². The molecule has 1 heterocycles. The van der Waals surface area contributed by atoms with Gasteiger partial charge in [-0.25, -0.2) is 4.85 Å². The van der Waals surface area contributed by atoms with Crippen molar-refractivity contribution < 1.29 is 23.1 Å². The average molecular weight is 526 g/mol. The summed E-state index contributed by atoms with van der Waals surface area (Å²) in [6.45, 7) is 13.3. The van der Waals surface area contributed by atoms with E-state index in [2.05, 4.69) is 23.6 Å². The average Bonchev–Trinajstić information content (AvgIpc) is 2.98. The zero-order valence-corrected chi connectivity index (χ0v) is 20.7. The van der Waals surface area contributed by atoms with E-state index in [1.54, 1.807) is 0 Å². The molecule has 1 aliphatic carbocycles. The first-order valence-electron chi connectivity index (χ1n) is 11.3. The van der Waals surface area contributed by atoms with Crippen molar-refractivity contribution in [1.29, 1.82) is 0 Å². The number of hydrogen-bond donors (Lipinski definition) is 1. The topological polar surface area (TPSA) is 48.1 Å². The molecule has 35 heavy (non-hydrogen) atoms. The summed E-state index contributed by atoms with van der Waals surface area (Å²) in [5.74, 6) is -0.873. The Kier molecular flexibility index (Phi) is 6.84. The van der Waals surface area contributed by atoms with Gasteiger partial charge in [-0.2, -0.15) is 13.2 Å². The molecule has 1 amide bonds. The summed E-state index contributed by atoms with van der Waals surface area (Å²) in [7, 11) is 0. The second-order valence-electron chi connectivity index (χ2n) is 8.96. The van der Waals surface area contributed by atoms with E-state index >= 15 is 0 Å². The van der Waals surface area contributed by atoms with E-state index < -0.39 is 28.8 Å². The van der Waals surface area contributed by atoms with Gasteiger partial charge in [0.1, 0.15) is 0 Å². The van der Waals surface area contributed by atoms with Crippen LogP contribution in [-0.4, -0.2) is 41.6 Å². The lowest BCUT2D eigenvalue weighted by atomic mass is 9.78. The first-order chi connectivity index (χ1) is 16.4. The van der Waals surface area contributed by atoms with Crippen molar-refractivity contribution >= 4 is 40.5 Å². The Morgan fingerprint density at radius 1 is 1.20 bits per heavy atom. The number of rotatable bonds is 6. The molecule has 10 heteroatoms. The smallest absolute Gasteiger partial charge is 0.372 e. The molecule has 1 saturated carbocycles. The highest BCUT2D eigenvalue weighted by Crippen LogP contribution is 2.53. The van der Waals surface area contributed by atoms with Crippen LogP contribution in [0.5, 0.6) is 0 Å². The van der Waals surface area contributed by atoms with Gasteiger partial charge in [-0.05, 0) is 56.1 Å². The number of hydrogen-bond acceptors (Lipinski definition) is 3. The number of fused-ring (bicyclic) bond motifs is 1. The predicted molar refractivity (Wildman–Crippen MR) is 129 cm³/mol. The summed E-state index contributed by atoms with van der Waals surface area (Å²) in [5.41, 5.74) is -5.09. The molecule has 0 aromatic heterocycles. The Morgan fingerprint density at radius 2 is 1.86 bits per heavy atom. The van der Waals surface area contributed by atoms with Gasteiger partial charge < -0.3 is 14.9 Å². The van der Waals surface area contributed by atoms with Gasteiger partial charge in [-0.3, -0.25) is 4.79 Å². The van der Waals surface area contributed by atoms with Gasteiger partial charge in [0.05, 0.1) is 12.1 Å². The van der Waals surface area contributed by atoms with E-state index in [0.29, 0.717) is 12.1 Å². The monoisotopic (exact) mass is 525 g/mol. The highest BCUT2D eigenvalue weighted by atomic mass is 35.5. The quantitative estimate of drug-likeness (QED) is 0.452. The SMILES string of the molecule is [C-]#[N+]c1cc2c(c(C(F)(F)F)c1)C(O)(c1ccc(Cl)cc1Cl)C(=O)N2CC1CC(N(CC)CC)C1. The summed E-state index contributed by atoms with van der Waals surface area (Å²) in [6.07, 6.45) is -3.34. The van der Waals surface area contributed by atoms with Crippen LogP contribution in [0.1, 0.15) is 43.4 Å². The highest BCUT2D eigenvalue weighted by Gasteiger charge is 2.57. The Morgan fingerprint density at radius 3 is 2.40 bits per heavy atom. The summed E-state index contributed by atoms with van der Waals surface area (Å²) < 4.78 is 42.6. The molecule has 2 aliphatic rings. The molecular weight excluding hydrogens is 502 g/mol. The third-order valence-corrected chi connectivity index (χ3v) is 7.59. The first-order valence-corrected chi connectivity index (χ1v) is 12.1. The molecule has 1 aliphatic heterocycles. The minimum absolute atomic E-state index is 0.0476. The van der Waals surface area contributed by atoms with E-state index in [0.717, 1.165) is 25.9 Å². The maximum Gasteiger partial charge on any atom is 0.415 e. The van der Waals surface area contributed by atoms with Crippen LogP contribution >= 0.6 is 23.2 Å². The van der Waals surface area contributed by atoms with E-state index in [4.69, 9.17) is 29.8 Å². The Balaban J connectivity index is 1.84. The lowest BCUT2D eigenvalue weighted by molar-refractivity contribution is -0.142. The van der Waals surface area contributed by atoms with Crippen LogP contribution < -0.4 is 4.90 Å². The zero-order chi connectivity index (χ0) is 25.7. The lowest BCUT2D eigenvalue weighted by Crippen LogP contribution is -2.50. The number of alkyl halides is 3. The molecule has 1 fully saturated rings. The molecule has 1 N–H and O–H groups in total. The molecule has 0 spiro atoms. The fourth-order valence-corrected chi connectivity index (χ4v) is 5.81. The molecule has 5 nitrogen and oxygen atoms in total. The maximum absolute atomic E-state index is 14.2. The minimum Gasteiger partial charge on any atom is -0.372 e. The van der Waals surface area contributed by atoms with Crippen molar-refractivity contribution in [2.75, 3.05) is 24.5 Å². The van der Waals surface area contributed by atoms with Gasteiger partial charge in [0.2, 0.25) is 0 Å². The number of halogens is 5. The van der Waals surface area contributed by atoms with Gasteiger partial charge in [0.15, 0.2) is 11.3 Å². The zero-order valence-electron chi connectivity index (χ0n) is 19.2. The highest BCUT2D eigenvalue weighted by molar-refractivity contribution is 6.35. The van der Waals surface area contributed by atoms with Crippen LogP contribution in [0, 0.1) is 12.5 Å². The van der Waals surface area contributed by atoms with Gasteiger partial charge in [-0.15, -0.1) is 0 Å². The van der Waals surface area contributed by atoms with Crippen molar-refractivity contribution in [3.05, 3.63) is 68.5 Å². The fraction of sp³-hybridized carbons (Fsp3) is 0.440. The molecule has 0 saturated heterocycles. The molecule has 1 unspecified atom stereocenters. The van der Waals surface area contributed by atoms with Gasteiger partial charge in [0.25, 0.3) is 5.91 Å². The van der Waals surface area contributed by atoms with E-state index in [9.17, 15) is 23.1 Å². The number of carbonyl (C=O) groups excluding carboxylic acids is 1. The minimum atomic E-state index is -4.92. The number of aliphatic hydroxyl groups is 1. The Hall–Kier alpha value is -2.31. The number of carbonyl (C=O) groups is 1. The summed E-state index contributed by atoms with van der Waals surface area (Å²) in [6, 6.07) is 6.13. The van der Waals surface area contributed by atoms with Crippen molar-refractivity contribution in [3.63, 3.8) is 0 Å². The largest absolute Gasteiger partial charge is 0.415 e. The maximum atomic E-state index is 14.2. The second-order valence-corrected chi connectivity index (χ2v) is 9.80. The number of nitrogens with zero attached hydrogens (tertiary/aromatic N) is 3. The summed E-state index contributed by atoms with van der Waals surface area (Å²) >= 11 is 12.2. The Labute approximate surface area is 211 Å².